The van der Waals surface area contributed by atoms with Crippen LogP contribution in [0.4, 0.5) is 0 Å². The minimum atomic E-state index is -0.0509. The molecule has 0 bridgehead atoms. The standard InChI is InChI=1S/C24H26N4OS/c29-22(16-30-24-27-26-23(19-11-12-19)28(24)20-13-14-20)25-21(18-9-5-2-6-10-18)15-17-7-3-1-4-8-17/h1-10,19-21H,11-16H2,(H,25,29)/t21-/m0/s1. The first-order valence-corrected chi connectivity index (χ1v) is 11.7. The van der Waals surface area contributed by atoms with Crippen molar-refractivity contribution in [1.82, 2.24) is 20.1 Å². The fraction of sp³-hybridized carbons (Fsp3) is 0.375. The molecule has 3 aromatic rings. The highest BCUT2D eigenvalue weighted by Gasteiger charge is 2.36. The summed E-state index contributed by atoms with van der Waals surface area (Å²) in [7, 11) is 0. The van der Waals surface area contributed by atoms with Gasteiger partial charge in [0.05, 0.1) is 11.8 Å². The molecule has 0 aliphatic heterocycles. The quantitative estimate of drug-likeness (QED) is 0.513. The SMILES string of the molecule is O=C(CSc1nnc(C2CC2)n1C1CC1)N[C@@H](Cc1ccccc1)c1ccccc1. The molecule has 1 amide bonds. The number of rotatable bonds is 9. The summed E-state index contributed by atoms with van der Waals surface area (Å²) in [5, 5.41) is 13.0. The van der Waals surface area contributed by atoms with E-state index in [1.54, 1.807) is 0 Å². The molecule has 2 saturated carbocycles. The molecule has 2 aliphatic rings. The van der Waals surface area contributed by atoms with Gasteiger partial charge in [0, 0.05) is 12.0 Å². The Morgan fingerprint density at radius 3 is 2.37 bits per heavy atom. The molecule has 1 N–H and O–H groups in total. The zero-order valence-electron chi connectivity index (χ0n) is 16.9. The van der Waals surface area contributed by atoms with Gasteiger partial charge in [-0.25, -0.2) is 0 Å². The van der Waals surface area contributed by atoms with Gasteiger partial charge < -0.3 is 9.88 Å². The molecule has 5 rings (SSSR count). The van der Waals surface area contributed by atoms with Crippen LogP contribution in [0.2, 0.25) is 0 Å². The molecule has 2 aliphatic carbocycles. The number of hydrogen-bond acceptors (Lipinski definition) is 4. The molecule has 30 heavy (non-hydrogen) atoms. The van der Waals surface area contributed by atoms with Crippen molar-refractivity contribution in [3.05, 3.63) is 77.6 Å². The van der Waals surface area contributed by atoms with E-state index in [0.29, 0.717) is 17.7 Å². The maximum atomic E-state index is 12.9. The summed E-state index contributed by atoms with van der Waals surface area (Å²) in [5.41, 5.74) is 2.33. The van der Waals surface area contributed by atoms with E-state index in [4.69, 9.17) is 0 Å². The van der Waals surface area contributed by atoms with Gasteiger partial charge in [0.2, 0.25) is 5.91 Å². The number of carbonyl (C=O) groups is 1. The lowest BCUT2D eigenvalue weighted by Gasteiger charge is -2.19. The molecule has 0 spiro atoms. The number of aromatic nitrogens is 3. The Hall–Kier alpha value is -2.60. The predicted molar refractivity (Wildman–Crippen MR) is 118 cm³/mol. The van der Waals surface area contributed by atoms with E-state index in [0.717, 1.165) is 23.0 Å². The summed E-state index contributed by atoms with van der Waals surface area (Å²) < 4.78 is 2.30. The minimum Gasteiger partial charge on any atom is -0.348 e. The van der Waals surface area contributed by atoms with Crippen molar-refractivity contribution in [3.63, 3.8) is 0 Å². The molecule has 1 heterocycles. The van der Waals surface area contributed by atoms with Gasteiger partial charge in [0.1, 0.15) is 5.82 Å². The van der Waals surface area contributed by atoms with Gasteiger partial charge in [-0.3, -0.25) is 4.79 Å². The van der Waals surface area contributed by atoms with Crippen molar-refractivity contribution in [2.75, 3.05) is 5.75 Å². The third-order valence-electron chi connectivity index (χ3n) is 5.70. The van der Waals surface area contributed by atoms with Crippen LogP contribution in [0, 0.1) is 0 Å². The van der Waals surface area contributed by atoms with Crippen molar-refractivity contribution in [1.29, 1.82) is 0 Å². The van der Waals surface area contributed by atoms with Gasteiger partial charge in [-0.15, -0.1) is 10.2 Å². The number of nitrogens with zero attached hydrogens (tertiary/aromatic N) is 3. The molecule has 0 saturated heterocycles. The normalized spacial score (nSPS) is 16.9. The number of amides is 1. The molecule has 0 radical (unpaired) electrons. The third kappa shape index (κ3) is 4.59. The smallest absolute Gasteiger partial charge is 0.230 e. The summed E-state index contributed by atoms with van der Waals surface area (Å²) in [6.07, 6.45) is 5.60. The lowest BCUT2D eigenvalue weighted by atomic mass is 9.99. The first-order valence-electron chi connectivity index (χ1n) is 10.7. The maximum Gasteiger partial charge on any atom is 0.230 e. The van der Waals surface area contributed by atoms with Crippen LogP contribution in [0.5, 0.6) is 0 Å². The van der Waals surface area contributed by atoms with Gasteiger partial charge in [-0.2, -0.15) is 0 Å². The summed E-state index contributed by atoms with van der Waals surface area (Å²) >= 11 is 1.51. The van der Waals surface area contributed by atoms with E-state index < -0.39 is 0 Å². The molecule has 2 fully saturated rings. The Bertz CT molecular complexity index is 997. The lowest BCUT2D eigenvalue weighted by Crippen LogP contribution is -2.31. The Kier molecular flexibility index (Phi) is 5.58. The molecular weight excluding hydrogens is 392 g/mol. The number of hydrogen-bond donors (Lipinski definition) is 1. The third-order valence-corrected chi connectivity index (χ3v) is 6.64. The minimum absolute atomic E-state index is 0.0307. The van der Waals surface area contributed by atoms with Crippen LogP contribution in [-0.4, -0.2) is 26.4 Å². The number of benzene rings is 2. The van der Waals surface area contributed by atoms with Gasteiger partial charge in [-0.1, -0.05) is 72.4 Å². The Balaban J connectivity index is 1.26. The van der Waals surface area contributed by atoms with Gasteiger partial charge in [0.15, 0.2) is 5.16 Å². The summed E-state index contributed by atoms with van der Waals surface area (Å²) in [6, 6.07) is 21.0. The van der Waals surface area contributed by atoms with Crippen molar-refractivity contribution >= 4 is 17.7 Å². The predicted octanol–water partition coefficient (Wildman–Crippen LogP) is 4.68. The van der Waals surface area contributed by atoms with Crippen LogP contribution in [0.15, 0.2) is 65.8 Å². The molecule has 5 nitrogen and oxygen atoms in total. The highest BCUT2D eigenvalue weighted by atomic mass is 32.2. The van der Waals surface area contributed by atoms with Gasteiger partial charge >= 0.3 is 0 Å². The largest absolute Gasteiger partial charge is 0.348 e. The van der Waals surface area contributed by atoms with Gasteiger partial charge in [-0.05, 0) is 43.2 Å². The molecular formula is C24H26N4OS. The van der Waals surface area contributed by atoms with Crippen molar-refractivity contribution in [3.8, 4) is 0 Å². The topological polar surface area (TPSA) is 59.8 Å². The van der Waals surface area contributed by atoms with Crippen LogP contribution in [0.3, 0.4) is 0 Å². The number of nitrogens with one attached hydrogen (secondary N) is 1. The second kappa shape index (κ2) is 8.64. The van der Waals surface area contributed by atoms with E-state index in [1.807, 2.05) is 36.4 Å². The Morgan fingerprint density at radius 2 is 1.70 bits per heavy atom. The molecule has 154 valence electrons. The average molecular weight is 419 g/mol. The summed E-state index contributed by atoms with van der Waals surface area (Å²) in [5.74, 6) is 2.09. The highest BCUT2D eigenvalue weighted by molar-refractivity contribution is 7.99. The van der Waals surface area contributed by atoms with E-state index >= 15 is 0 Å². The second-order valence-corrected chi connectivity index (χ2v) is 9.17. The zero-order chi connectivity index (χ0) is 20.3. The van der Waals surface area contributed by atoms with E-state index in [-0.39, 0.29) is 11.9 Å². The van der Waals surface area contributed by atoms with E-state index in [9.17, 15) is 4.79 Å². The van der Waals surface area contributed by atoms with Crippen molar-refractivity contribution in [2.24, 2.45) is 0 Å². The molecule has 0 unspecified atom stereocenters. The monoisotopic (exact) mass is 418 g/mol. The molecule has 1 atom stereocenters. The van der Waals surface area contributed by atoms with E-state index in [1.165, 1.54) is 43.0 Å². The summed E-state index contributed by atoms with van der Waals surface area (Å²) in [4.78, 5) is 12.9. The van der Waals surface area contributed by atoms with Crippen molar-refractivity contribution < 1.29 is 4.79 Å². The fourth-order valence-electron chi connectivity index (χ4n) is 3.84. The zero-order valence-corrected chi connectivity index (χ0v) is 17.7. The highest BCUT2D eigenvalue weighted by Crippen LogP contribution is 2.45. The molecule has 6 heteroatoms. The van der Waals surface area contributed by atoms with Gasteiger partial charge in [0.25, 0.3) is 0 Å². The fourth-order valence-corrected chi connectivity index (χ4v) is 4.66. The van der Waals surface area contributed by atoms with Crippen LogP contribution in [0.1, 0.15) is 60.6 Å². The van der Waals surface area contributed by atoms with Crippen LogP contribution < -0.4 is 5.32 Å². The molecule has 2 aromatic carbocycles. The lowest BCUT2D eigenvalue weighted by molar-refractivity contribution is -0.119. The number of carbonyl (C=O) groups excluding carboxylic acids is 1. The van der Waals surface area contributed by atoms with Crippen molar-refractivity contribution in [2.45, 2.75) is 55.3 Å². The van der Waals surface area contributed by atoms with Crippen LogP contribution >= 0.6 is 11.8 Å². The average Bonchev–Trinajstić information content (AvgIpc) is 3.72. The van der Waals surface area contributed by atoms with Crippen LogP contribution in [-0.2, 0) is 11.2 Å². The first kappa shape index (κ1) is 19.4. The first-order chi connectivity index (χ1) is 14.8. The Labute approximate surface area is 181 Å². The Morgan fingerprint density at radius 1 is 1.00 bits per heavy atom. The summed E-state index contributed by atoms with van der Waals surface area (Å²) in [6.45, 7) is 0. The second-order valence-electron chi connectivity index (χ2n) is 8.23. The van der Waals surface area contributed by atoms with Crippen LogP contribution in [0.25, 0.3) is 0 Å². The van der Waals surface area contributed by atoms with E-state index in [2.05, 4.69) is 44.3 Å². The molecule has 1 aromatic heterocycles. The number of thioether (sulfide) groups is 1. The maximum absolute atomic E-state index is 12.9.